The zero-order valence-electron chi connectivity index (χ0n) is 6.74. The number of esters is 1. The molecule has 0 heterocycles. The van der Waals surface area contributed by atoms with Gasteiger partial charge in [0, 0.05) is 0 Å². The monoisotopic (exact) mass is 165 g/mol. The maximum absolute atomic E-state index is 10.8. The van der Waals surface area contributed by atoms with Crippen molar-refractivity contribution in [3.8, 4) is 5.75 Å². The summed E-state index contributed by atoms with van der Waals surface area (Å²) in [5, 5.41) is 10.8. The van der Waals surface area contributed by atoms with E-state index < -0.39 is 0 Å². The molecule has 3 nitrogen and oxygen atoms in total. The highest BCUT2D eigenvalue weighted by atomic mass is 16.5. The standard InChI is InChI=1S/C9H10O3/c1-12-9(11)6-7-3-2-4-8(10)5-7/h2-5,10H,6H2,1H3/p-1. The van der Waals surface area contributed by atoms with Crippen LogP contribution in [0.25, 0.3) is 0 Å². The normalized spacial score (nSPS) is 9.42. The van der Waals surface area contributed by atoms with Gasteiger partial charge in [-0.3, -0.25) is 4.79 Å². The Kier molecular flexibility index (Phi) is 2.69. The molecule has 0 spiro atoms. The number of hydrogen-bond acceptors (Lipinski definition) is 3. The Morgan fingerprint density at radius 2 is 2.33 bits per heavy atom. The molecule has 12 heavy (non-hydrogen) atoms. The van der Waals surface area contributed by atoms with Crippen molar-refractivity contribution in [2.75, 3.05) is 7.11 Å². The molecule has 0 unspecified atom stereocenters. The average Bonchev–Trinajstić information content (AvgIpc) is 2.04. The second-order valence-corrected chi connectivity index (χ2v) is 2.40. The Labute approximate surface area is 70.6 Å². The third kappa shape index (κ3) is 2.27. The summed E-state index contributed by atoms with van der Waals surface area (Å²) in [6, 6.07) is 6.22. The van der Waals surface area contributed by atoms with Gasteiger partial charge in [0.05, 0.1) is 13.5 Å². The number of benzene rings is 1. The molecule has 0 aromatic heterocycles. The largest absolute Gasteiger partial charge is 0.872 e. The lowest BCUT2D eigenvalue weighted by Gasteiger charge is -2.06. The fourth-order valence-corrected chi connectivity index (χ4v) is 0.894. The van der Waals surface area contributed by atoms with Gasteiger partial charge in [-0.1, -0.05) is 24.3 Å². The maximum Gasteiger partial charge on any atom is 0.309 e. The lowest BCUT2D eigenvalue weighted by Crippen LogP contribution is -2.04. The van der Waals surface area contributed by atoms with Gasteiger partial charge in [-0.25, -0.2) is 0 Å². The van der Waals surface area contributed by atoms with Crippen LogP contribution in [0.2, 0.25) is 0 Å². The molecule has 0 saturated carbocycles. The summed E-state index contributed by atoms with van der Waals surface area (Å²) in [5.41, 5.74) is 0.689. The highest BCUT2D eigenvalue weighted by molar-refractivity contribution is 5.72. The van der Waals surface area contributed by atoms with Crippen LogP contribution in [-0.4, -0.2) is 13.1 Å². The minimum Gasteiger partial charge on any atom is -0.872 e. The first-order valence-electron chi connectivity index (χ1n) is 3.55. The van der Waals surface area contributed by atoms with E-state index in [9.17, 15) is 9.90 Å². The summed E-state index contributed by atoms with van der Waals surface area (Å²) in [4.78, 5) is 10.8. The van der Waals surface area contributed by atoms with E-state index in [0.29, 0.717) is 5.56 Å². The van der Waals surface area contributed by atoms with E-state index in [4.69, 9.17) is 0 Å². The number of rotatable bonds is 2. The summed E-state index contributed by atoms with van der Waals surface area (Å²) in [6.07, 6.45) is 0.159. The van der Waals surface area contributed by atoms with Gasteiger partial charge in [0.1, 0.15) is 0 Å². The SMILES string of the molecule is COC(=O)Cc1cccc([O-])c1. The van der Waals surface area contributed by atoms with Crippen LogP contribution < -0.4 is 5.11 Å². The highest BCUT2D eigenvalue weighted by Crippen LogP contribution is 2.08. The fraction of sp³-hybridized carbons (Fsp3) is 0.222. The van der Waals surface area contributed by atoms with Gasteiger partial charge in [0.2, 0.25) is 0 Å². The Hall–Kier alpha value is -1.51. The summed E-state index contributed by atoms with van der Waals surface area (Å²) in [7, 11) is 1.32. The van der Waals surface area contributed by atoms with E-state index in [-0.39, 0.29) is 18.1 Å². The van der Waals surface area contributed by atoms with Crippen molar-refractivity contribution in [2.24, 2.45) is 0 Å². The molecule has 1 rings (SSSR count). The van der Waals surface area contributed by atoms with Crippen LogP contribution in [0, 0.1) is 0 Å². The molecule has 0 bridgehead atoms. The molecule has 0 amide bonds. The molecule has 0 atom stereocenters. The lowest BCUT2D eigenvalue weighted by atomic mass is 10.1. The van der Waals surface area contributed by atoms with Gasteiger partial charge in [-0.2, -0.15) is 0 Å². The number of hydrogen-bond donors (Lipinski definition) is 0. The lowest BCUT2D eigenvalue weighted by molar-refractivity contribution is -0.268. The molecular weight excluding hydrogens is 156 g/mol. The van der Waals surface area contributed by atoms with Gasteiger partial charge in [0.25, 0.3) is 0 Å². The van der Waals surface area contributed by atoms with Crippen molar-refractivity contribution in [2.45, 2.75) is 6.42 Å². The fourth-order valence-electron chi connectivity index (χ4n) is 0.894. The third-order valence-corrected chi connectivity index (χ3v) is 1.47. The maximum atomic E-state index is 10.8. The molecule has 3 heteroatoms. The van der Waals surface area contributed by atoms with Gasteiger partial charge in [0.15, 0.2) is 0 Å². The van der Waals surface area contributed by atoms with Gasteiger partial charge >= 0.3 is 5.97 Å². The van der Waals surface area contributed by atoms with E-state index in [1.165, 1.54) is 19.2 Å². The highest BCUT2D eigenvalue weighted by Gasteiger charge is 2.00. The summed E-state index contributed by atoms with van der Waals surface area (Å²) in [6.45, 7) is 0. The Morgan fingerprint density at radius 3 is 2.92 bits per heavy atom. The second kappa shape index (κ2) is 3.76. The van der Waals surface area contributed by atoms with E-state index in [1.54, 1.807) is 12.1 Å². The molecular formula is C9H9O3-. The summed E-state index contributed by atoms with van der Waals surface area (Å²) >= 11 is 0. The Balaban J connectivity index is 2.69. The van der Waals surface area contributed by atoms with Gasteiger partial charge in [-0.15, -0.1) is 5.75 Å². The van der Waals surface area contributed by atoms with E-state index >= 15 is 0 Å². The van der Waals surface area contributed by atoms with Crippen molar-refractivity contribution < 1.29 is 14.6 Å². The second-order valence-electron chi connectivity index (χ2n) is 2.40. The van der Waals surface area contributed by atoms with Crippen LogP contribution in [0.15, 0.2) is 24.3 Å². The number of carbonyl (C=O) groups is 1. The van der Waals surface area contributed by atoms with Gasteiger partial charge in [-0.05, 0) is 5.56 Å². The summed E-state index contributed by atoms with van der Waals surface area (Å²) < 4.78 is 4.45. The van der Waals surface area contributed by atoms with Gasteiger partial charge < -0.3 is 9.84 Å². The van der Waals surface area contributed by atoms with E-state index in [0.717, 1.165) is 0 Å². The molecule has 1 aromatic carbocycles. The summed E-state index contributed by atoms with van der Waals surface area (Å²) in [5.74, 6) is -0.419. The molecule has 0 aliphatic rings. The van der Waals surface area contributed by atoms with Crippen LogP contribution in [0.3, 0.4) is 0 Å². The minimum atomic E-state index is -0.333. The van der Waals surface area contributed by atoms with Crippen molar-refractivity contribution in [1.82, 2.24) is 0 Å². The Morgan fingerprint density at radius 1 is 1.58 bits per heavy atom. The number of ether oxygens (including phenoxy) is 1. The zero-order valence-corrected chi connectivity index (χ0v) is 6.74. The number of methoxy groups -OCH3 is 1. The van der Waals surface area contributed by atoms with Crippen LogP contribution in [0.1, 0.15) is 5.56 Å². The van der Waals surface area contributed by atoms with Crippen molar-refractivity contribution in [3.05, 3.63) is 29.8 Å². The minimum absolute atomic E-state index is 0.0867. The predicted octanol–water partition coefficient (Wildman–Crippen LogP) is 0.476. The molecule has 0 fully saturated rings. The molecule has 0 radical (unpaired) electrons. The first kappa shape index (κ1) is 8.59. The van der Waals surface area contributed by atoms with Crippen molar-refractivity contribution in [1.29, 1.82) is 0 Å². The smallest absolute Gasteiger partial charge is 0.309 e. The van der Waals surface area contributed by atoms with Crippen LogP contribution >= 0.6 is 0 Å². The molecule has 0 aliphatic heterocycles. The molecule has 0 saturated heterocycles. The molecule has 64 valence electrons. The van der Waals surface area contributed by atoms with E-state index in [2.05, 4.69) is 4.74 Å². The third-order valence-electron chi connectivity index (χ3n) is 1.47. The van der Waals surface area contributed by atoms with Crippen molar-refractivity contribution >= 4 is 5.97 Å². The van der Waals surface area contributed by atoms with Crippen LogP contribution in [-0.2, 0) is 16.0 Å². The molecule has 0 N–H and O–H groups in total. The first-order valence-corrected chi connectivity index (χ1v) is 3.55. The quantitative estimate of drug-likeness (QED) is 0.599. The zero-order chi connectivity index (χ0) is 8.97. The van der Waals surface area contributed by atoms with Crippen LogP contribution in [0.5, 0.6) is 5.75 Å². The van der Waals surface area contributed by atoms with E-state index in [1.807, 2.05) is 0 Å². The predicted molar refractivity (Wildman–Crippen MR) is 41.6 cm³/mol. The first-order chi connectivity index (χ1) is 5.72. The van der Waals surface area contributed by atoms with Crippen LogP contribution in [0.4, 0.5) is 0 Å². The average molecular weight is 165 g/mol. The number of carbonyl (C=O) groups excluding carboxylic acids is 1. The molecule has 0 aliphatic carbocycles. The molecule has 1 aromatic rings. The topological polar surface area (TPSA) is 49.4 Å². The van der Waals surface area contributed by atoms with Crippen molar-refractivity contribution in [3.63, 3.8) is 0 Å². The Bertz CT molecular complexity index is 281.